The molecule has 0 atom stereocenters. The Morgan fingerprint density at radius 1 is 1.58 bits per heavy atom. The summed E-state index contributed by atoms with van der Waals surface area (Å²) in [5.41, 5.74) is -0.00434. The molecule has 0 radical (unpaired) electrons. The molecule has 0 aromatic heterocycles. The van der Waals surface area contributed by atoms with Gasteiger partial charge in [0.25, 0.3) is 0 Å². The fourth-order valence-corrected chi connectivity index (χ4v) is 1.03. The van der Waals surface area contributed by atoms with Crippen LogP contribution in [0.4, 0.5) is 0 Å². The van der Waals surface area contributed by atoms with Gasteiger partial charge in [0.2, 0.25) is 5.91 Å². The van der Waals surface area contributed by atoms with Crippen molar-refractivity contribution in [3.63, 3.8) is 0 Å². The minimum Gasteiger partial charge on any atom is -0.355 e. The fraction of sp³-hybridized carbons (Fsp3) is 0.875. The van der Waals surface area contributed by atoms with Gasteiger partial charge in [-0.3, -0.25) is 4.79 Å². The number of hydrogen-bond donors (Lipinski definition) is 1. The number of alkyl halides is 1. The third-order valence-corrected chi connectivity index (χ3v) is 2.68. The van der Waals surface area contributed by atoms with Gasteiger partial charge in [-0.25, -0.2) is 0 Å². The maximum atomic E-state index is 11.0. The molecule has 0 fully saturated rings. The highest BCUT2D eigenvalue weighted by Gasteiger charge is 2.16. The van der Waals surface area contributed by atoms with Gasteiger partial charge in [-0.05, 0) is 11.7 Å². The van der Waals surface area contributed by atoms with Crippen LogP contribution in [0.25, 0.3) is 0 Å². The molecule has 1 N–H and O–H groups in total. The summed E-state index contributed by atoms with van der Waals surface area (Å²) in [6, 6.07) is 0. The number of rotatable bonds is 5. The Balaban J connectivity index is 3.60. The van der Waals surface area contributed by atoms with Gasteiger partial charge >= 0.3 is 0 Å². The third kappa shape index (κ3) is 5.72. The van der Waals surface area contributed by atoms with E-state index in [-0.39, 0.29) is 11.3 Å². The molecule has 1 amide bonds. The van der Waals surface area contributed by atoms with Crippen molar-refractivity contribution < 1.29 is 4.79 Å². The second-order valence-corrected chi connectivity index (χ2v) is 4.64. The summed E-state index contributed by atoms with van der Waals surface area (Å²) in [6.45, 7) is 4.70. The van der Waals surface area contributed by atoms with E-state index in [1.54, 1.807) is 0 Å². The molecule has 0 spiro atoms. The molecule has 0 aliphatic heterocycles. The average Bonchev–Trinajstić information content (AvgIpc) is 2.02. The zero-order valence-electron chi connectivity index (χ0n) is 7.82. The molecule has 2 nitrogen and oxygen atoms in total. The molecule has 4 heteroatoms. The first kappa shape index (κ1) is 12.1. The molecule has 0 unspecified atom stereocenters. The van der Waals surface area contributed by atoms with E-state index in [2.05, 4.69) is 5.32 Å². The van der Waals surface area contributed by atoms with Crippen LogP contribution < -0.4 is 5.32 Å². The largest absolute Gasteiger partial charge is 0.355 e. The number of thioether (sulfide) groups is 1. The number of amides is 1. The second-order valence-electron chi connectivity index (χ2n) is 3.51. The molecular weight excluding hydrogens is 194 g/mol. The van der Waals surface area contributed by atoms with Crippen LogP contribution in [0.5, 0.6) is 0 Å². The third-order valence-electron chi connectivity index (χ3n) is 1.40. The van der Waals surface area contributed by atoms with Crippen molar-refractivity contribution >= 4 is 29.3 Å². The van der Waals surface area contributed by atoms with E-state index >= 15 is 0 Å². The summed E-state index contributed by atoms with van der Waals surface area (Å²) in [6.07, 6.45) is 1.91. The van der Waals surface area contributed by atoms with Crippen molar-refractivity contribution in [1.82, 2.24) is 5.32 Å². The number of nitrogens with one attached hydrogen (secondary N) is 1. The highest BCUT2D eigenvalue weighted by Crippen LogP contribution is 2.14. The lowest BCUT2D eigenvalue weighted by atomic mass is 9.97. The Kier molecular flexibility index (Phi) is 5.76. The van der Waals surface area contributed by atoms with Gasteiger partial charge < -0.3 is 5.32 Å². The van der Waals surface area contributed by atoms with Crippen molar-refractivity contribution in [3.05, 3.63) is 0 Å². The van der Waals surface area contributed by atoms with Crippen molar-refractivity contribution in [2.75, 3.05) is 24.4 Å². The molecular formula is C8H16ClNOS. The van der Waals surface area contributed by atoms with Gasteiger partial charge in [-0.15, -0.1) is 11.6 Å². The Bertz CT molecular complexity index is 150. The maximum absolute atomic E-state index is 11.0. The van der Waals surface area contributed by atoms with E-state index in [4.69, 9.17) is 11.6 Å². The van der Waals surface area contributed by atoms with Gasteiger partial charge in [-0.1, -0.05) is 13.8 Å². The van der Waals surface area contributed by atoms with Crippen molar-refractivity contribution in [2.45, 2.75) is 13.8 Å². The standard InChI is InChI=1S/C8H16ClNOS/c1-8(2,5-9)6-10-7(11)4-12-3/h4-6H2,1-3H3,(H,10,11). The summed E-state index contributed by atoms with van der Waals surface area (Å²) >= 11 is 7.22. The van der Waals surface area contributed by atoms with E-state index in [0.29, 0.717) is 18.2 Å². The Hall–Kier alpha value is 0.110. The van der Waals surface area contributed by atoms with E-state index < -0.39 is 0 Å². The summed E-state index contributed by atoms with van der Waals surface area (Å²) < 4.78 is 0. The quantitative estimate of drug-likeness (QED) is 0.699. The predicted octanol–water partition coefficient (Wildman–Crippen LogP) is 1.73. The first-order valence-corrected chi connectivity index (χ1v) is 5.76. The Morgan fingerprint density at radius 2 is 2.17 bits per heavy atom. The normalized spacial score (nSPS) is 11.3. The SMILES string of the molecule is CSCC(=O)NCC(C)(C)CCl. The van der Waals surface area contributed by atoms with Crippen LogP contribution in [0.15, 0.2) is 0 Å². The van der Waals surface area contributed by atoms with Crippen LogP contribution in [-0.2, 0) is 4.79 Å². The summed E-state index contributed by atoms with van der Waals surface area (Å²) in [4.78, 5) is 11.0. The van der Waals surface area contributed by atoms with E-state index in [0.717, 1.165) is 0 Å². The molecule has 0 aliphatic rings. The van der Waals surface area contributed by atoms with Crippen molar-refractivity contribution in [1.29, 1.82) is 0 Å². The van der Waals surface area contributed by atoms with E-state index in [1.807, 2.05) is 20.1 Å². The van der Waals surface area contributed by atoms with Gasteiger partial charge in [0.1, 0.15) is 0 Å². The summed E-state index contributed by atoms with van der Waals surface area (Å²) in [5.74, 6) is 1.17. The van der Waals surface area contributed by atoms with E-state index in [9.17, 15) is 4.79 Å². The molecule has 12 heavy (non-hydrogen) atoms. The number of carbonyl (C=O) groups excluding carboxylic acids is 1. The average molecular weight is 210 g/mol. The number of halogens is 1. The lowest BCUT2D eigenvalue weighted by molar-refractivity contribution is -0.118. The van der Waals surface area contributed by atoms with Crippen LogP contribution in [-0.4, -0.2) is 30.3 Å². The maximum Gasteiger partial charge on any atom is 0.230 e. The van der Waals surface area contributed by atoms with Crippen molar-refractivity contribution in [3.8, 4) is 0 Å². The van der Waals surface area contributed by atoms with Crippen LogP contribution >= 0.6 is 23.4 Å². The van der Waals surface area contributed by atoms with Crippen LogP contribution in [0.3, 0.4) is 0 Å². The highest BCUT2D eigenvalue weighted by molar-refractivity contribution is 7.99. The Morgan fingerprint density at radius 3 is 2.58 bits per heavy atom. The number of carbonyl (C=O) groups is 1. The molecule has 0 aromatic carbocycles. The zero-order valence-corrected chi connectivity index (χ0v) is 9.39. The first-order valence-electron chi connectivity index (χ1n) is 3.83. The molecule has 0 bridgehead atoms. The highest BCUT2D eigenvalue weighted by atomic mass is 35.5. The molecule has 0 saturated heterocycles. The fourth-order valence-electron chi connectivity index (χ4n) is 0.567. The number of hydrogen-bond acceptors (Lipinski definition) is 2. The van der Waals surface area contributed by atoms with Gasteiger partial charge in [0.15, 0.2) is 0 Å². The molecule has 72 valence electrons. The summed E-state index contributed by atoms with van der Waals surface area (Å²) in [7, 11) is 0. The van der Waals surface area contributed by atoms with Crippen LogP contribution in [0, 0.1) is 5.41 Å². The lowest BCUT2D eigenvalue weighted by Crippen LogP contribution is -2.35. The van der Waals surface area contributed by atoms with Crippen molar-refractivity contribution in [2.24, 2.45) is 5.41 Å². The first-order chi connectivity index (χ1) is 5.52. The monoisotopic (exact) mass is 209 g/mol. The topological polar surface area (TPSA) is 29.1 Å². The predicted molar refractivity (Wildman–Crippen MR) is 55.9 cm³/mol. The van der Waals surface area contributed by atoms with Crippen LogP contribution in [0.1, 0.15) is 13.8 Å². The van der Waals surface area contributed by atoms with Crippen LogP contribution in [0.2, 0.25) is 0 Å². The second kappa shape index (κ2) is 5.70. The molecule has 0 heterocycles. The molecule has 0 aromatic rings. The van der Waals surface area contributed by atoms with E-state index in [1.165, 1.54) is 11.8 Å². The summed E-state index contributed by atoms with van der Waals surface area (Å²) in [5, 5.41) is 2.83. The molecule has 0 aliphatic carbocycles. The van der Waals surface area contributed by atoms with Gasteiger partial charge in [-0.2, -0.15) is 11.8 Å². The Labute approximate surface area is 83.4 Å². The van der Waals surface area contributed by atoms with Gasteiger partial charge in [0, 0.05) is 12.4 Å². The van der Waals surface area contributed by atoms with Gasteiger partial charge in [0.05, 0.1) is 5.75 Å². The molecule has 0 rings (SSSR count). The minimum absolute atomic E-state index is 0.00434. The lowest BCUT2D eigenvalue weighted by Gasteiger charge is -2.21. The smallest absolute Gasteiger partial charge is 0.230 e. The minimum atomic E-state index is -0.00434. The molecule has 0 saturated carbocycles. The zero-order chi connectivity index (χ0) is 9.61.